The molecule has 0 aliphatic rings. The fourth-order valence-corrected chi connectivity index (χ4v) is 5.76. The number of hydrogen-bond acceptors (Lipinski definition) is 4. The Morgan fingerprint density at radius 2 is 1.66 bits per heavy atom. The summed E-state index contributed by atoms with van der Waals surface area (Å²) in [5, 5.41) is 0.582. The average Bonchev–Trinajstić information content (AvgIpc) is 2.86. The van der Waals surface area contributed by atoms with E-state index >= 15 is 0 Å². The highest BCUT2D eigenvalue weighted by Crippen LogP contribution is 2.33. The third-order valence-corrected chi connectivity index (χ3v) is 9.11. The summed E-state index contributed by atoms with van der Waals surface area (Å²) in [4.78, 5) is 5.77. The van der Waals surface area contributed by atoms with Crippen LogP contribution in [0.3, 0.4) is 0 Å². The van der Waals surface area contributed by atoms with E-state index in [2.05, 4.69) is 49.2 Å². The minimum atomic E-state index is -3.53. The Morgan fingerprint density at radius 1 is 0.914 bits per heavy atom. The van der Waals surface area contributed by atoms with Crippen molar-refractivity contribution >= 4 is 38.4 Å². The smallest absolute Gasteiger partial charge is 0.237 e. The van der Waals surface area contributed by atoms with Crippen LogP contribution in [0.2, 0.25) is 0 Å². The van der Waals surface area contributed by atoms with E-state index in [0.717, 1.165) is 32.5 Å². The Hall–Kier alpha value is -2.83. The topological polar surface area (TPSA) is 50.3 Å². The maximum Gasteiger partial charge on any atom is 0.237 e. The van der Waals surface area contributed by atoms with Crippen LogP contribution in [-0.4, -0.2) is 24.9 Å². The first-order valence-corrected chi connectivity index (χ1v) is 14.6. The molecule has 0 spiro atoms. The molecule has 6 heteroatoms. The summed E-state index contributed by atoms with van der Waals surface area (Å²) in [5.41, 5.74) is 5.91. The molecule has 3 aromatic carbocycles. The molecule has 4 aromatic rings. The van der Waals surface area contributed by atoms with E-state index in [1.807, 2.05) is 54.9 Å². The molecule has 0 atom stereocenters. The molecule has 0 amide bonds. The van der Waals surface area contributed by atoms with Crippen LogP contribution in [0.15, 0.2) is 83.9 Å². The lowest BCUT2D eigenvalue weighted by atomic mass is 9.93. The number of rotatable bonds is 8. The van der Waals surface area contributed by atoms with Gasteiger partial charge in [0.2, 0.25) is 10.0 Å². The number of thioether (sulfide) groups is 1. The minimum absolute atomic E-state index is 0.266. The van der Waals surface area contributed by atoms with E-state index in [4.69, 9.17) is 0 Å². The molecular weight excluding hydrogens is 472 g/mol. The number of hydrogen-bond donors (Lipinski definition) is 0. The van der Waals surface area contributed by atoms with Crippen molar-refractivity contribution in [2.45, 2.75) is 50.3 Å². The predicted octanol–water partition coefficient (Wildman–Crippen LogP) is 7.49. The number of pyridine rings is 1. The van der Waals surface area contributed by atoms with Gasteiger partial charge in [-0.25, -0.2) is 8.42 Å². The molecule has 0 saturated heterocycles. The van der Waals surface area contributed by atoms with Gasteiger partial charge in [-0.3, -0.25) is 9.29 Å². The second-order valence-electron chi connectivity index (χ2n) is 9.30. The molecule has 182 valence electrons. The van der Waals surface area contributed by atoms with Crippen molar-refractivity contribution in [3.63, 3.8) is 0 Å². The molecule has 0 aliphatic carbocycles. The van der Waals surface area contributed by atoms with E-state index in [1.165, 1.54) is 9.87 Å². The quantitative estimate of drug-likeness (QED) is 0.233. The third-order valence-electron chi connectivity index (χ3n) is 6.22. The van der Waals surface area contributed by atoms with Crippen molar-refractivity contribution in [2.75, 3.05) is 10.6 Å². The molecule has 0 bridgehead atoms. The highest BCUT2D eigenvalue weighted by molar-refractivity contribution is 7.98. The molecule has 4 rings (SSSR count). The number of benzene rings is 3. The lowest BCUT2D eigenvalue weighted by Crippen LogP contribution is -2.36. The molecule has 4 nitrogen and oxygen atoms in total. The van der Waals surface area contributed by atoms with Gasteiger partial charge in [-0.1, -0.05) is 38.1 Å². The summed E-state index contributed by atoms with van der Waals surface area (Å²) in [5.74, 6) is 0.387. The van der Waals surface area contributed by atoms with Crippen molar-refractivity contribution in [1.82, 2.24) is 4.98 Å². The fourth-order valence-electron chi connectivity index (χ4n) is 4.10. The summed E-state index contributed by atoms with van der Waals surface area (Å²) in [6.07, 6.45) is 3.83. The Balaban J connectivity index is 1.79. The van der Waals surface area contributed by atoms with Crippen molar-refractivity contribution in [3.8, 4) is 11.1 Å². The Morgan fingerprint density at radius 3 is 2.31 bits per heavy atom. The highest BCUT2D eigenvalue weighted by atomic mass is 32.2. The summed E-state index contributed by atoms with van der Waals surface area (Å²) in [7, 11) is -3.53. The zero-order chi connectivity index (χ0) is 25.2. The largest absolute Gasteiger partial charge is 0.266 e. The molecule has 1 heterocycles. The van der Waals surface area contributed by atoms with Crippen LogP contribution in [0.1, 0.15) is 44.7 Å². The lowest BCUT2D eigenvalue weighted by Gasteiger charge is -2.27. The van der Waals surface area contributed by atoms with Crippen LogP contribution in [0.25, 0.3) is 22.0 Å². The molecule has 1 aromatic heterocycles. The van der Waals surface area contributed by atoms with E-state index in [-0.39, 0.29) is 6.54 Å². The number of nitrogens with zero attached hydrogens (tertiary/aromatic N) is 2. The summed E-state index contributed by atoms with van der Waals surface area (Å²) in [6.45, 7) is 8.10. The second kappa shape index (κ2) is 10.4. The Labute approximate surface area is 213 Å². The van der Waals surface area contributed by atoms with E-state index in [9.17, 15) is 8.42 Å². The SMILES string of the molecule is CSc1ccc(N(Cc2cccc(-c3cc(C(C)C)cc4cccnc34)c2)S(=O)(=O)C(C)C)cc1. The maximum absolute atomic E-state index is 13.3. The van der Waals surface area contributed by atoms with Crippen molar-refractivity contribution in [3.05, 3.63) is 90.1 Å². The highest BCUT2D eigenvalue weighted by Gasteiger charge is 2.26. The zero-order valence-electron chi connectivity index (χ0n) is 20.9. The predicted molar refractivity (Wildman–Crippen MR) is 150 cm³/mol. The number of sulfonamides is 1. The standard InChI is InChI=1S/C29H32N2O2S2/c1-20(2)25-17-24-10-7-15-30-29(24)28(18-25)23-9-6-8-22(16-23)19-31(35(32,33)21(3)4)26-11-13-27(34-5)14-12-26/h6-18,20-21H,19H2,1-5H3. The Kier molecular flexibility index (Phi) is 7.53. The summed E-state index contributed by atoms with van der Waals surface area (Å²) < 4.78 is 28.2. The van der Waals surface area contributed by atoms with Crippen molar-refractivity contribution in [2.24, 2.45) is 0 Å². The van der Waals surface area contributed by atoms with Gasteiger partial charge in [0, 0.05) is 22.0 Å². The van der Waals surface area contributed by atoms with Gasteiger partial charge < -0.3 is 0 Å². The van der Waals surface area contributed by atoms with Gasteiger partial charge in [-0.05, 0) is 91.2 Å². The lowest BCUT2D eigenvalue weighted by molar-refractivity contribution is 0.581. The monoisotopic (exact) mass is 504 g/mol. The second-order valence-corrected chi connectivity index (χ2v) is 12.6. The first-order chi connectivity index (χ1) is 16.7. The van der Waals surface area contributed by atoms with Crippen LogP contribution in [0.4, 0.5) is 5.69 Å². The van der Waals surface area contributed by atoms with E-state index in [0.29, 0.717) is 11.6 Å². The minimum Gasteiger partial charge on any atom is -0.266 e. The van der Waals surface area contributed by atoms with Gasteiger partial charge >= 0.3 is 0 Å². The molecule has 0 N–H and O–H groups in total. The molecule has 35 heavy (non-hydrogen) atoms. The van der Waals surface area contributed by atoms with Gasteiger partial charge in [-0.15, -0.1) is 11.8 Å². The van der Waals surface area contributed by atoms with Gasteiger partial charge in [0.1, 0.15) is 0 Å². The van der Waals surface area contributed by atoms with Gasteiger partial charge in [0.15, 0.2) is 0 Å². The Bertz CT molecular complexity index is 1430. The first kappa shape index (κ1) is 25.3. The normalized spacial score (nSPS) is 12.0. The van der Waals surface area contributed by atoms with E-state index in [1.54, 1.807) is 25.6 Å². The van der Waals surface area contributed by atoms with Crippen molar-refractivity contribution < 1.29 is 8.42 Å². The van der Waals surface area contributed by atoms with Gasteiger partial charge in [0.25, 0.3) is 0 Å². The van der Waals surface area contributed by atoms with Crippen molar-refractivity contribution in [1.29, 1.82) is 0 Å². The molecule has 0 fully saturated rings. The average molecular weight is 505 g/mol. The molecule has 0 aliphatic heterocycles. The maximum atomic E-state index is 13.3. The molecular formula is C29H32N2O2S2. The number of aromatic nitrogens is 1. The summed E-state index contributed by atoms with van der Waals surface area (Å²) >= 11 is 1.64. The van der Waals surface area contributed by atoms with Crippen LogP contribution in [0.5, 0.6) is 0 Å². The number of anilines is 1. The first-order valence-electron chi connectivity index (χ1n) is 11.8. The molecule has 0 radical (unpaired) electrons. The summed E-state index contributed by atoms with van der Waals surface area (Å²) in [6, 6.07) is 24.3. The molecule has 0 unspecified atom stereocenters. The van der Waals surface area contributed by atoms with Gasteiger partial charge in [-0.2, -0.15) is 0 Å². The zero-order valence-corrected chi connectivity index (χ0v) is 22.5. The fraction of sp³-hybridized carbons (Fsp3) is 0.276. The molecule has 0 saturated carbocycles. The third kappa shape index (κ3) is 5.39. The van der Waals surface area contributed by atoms with Crippen LogP contribution in [0, 0.1) is 0 Å². The van der Waals surface area contributed by atoms with Gasteiger partial charge in [0.05, 0.1) is 23.0 Å². The van der Waals surface area contributed by atoms with Crippen LogP contribution < -0.4 is 4.31 Å². The van der Waals surface area contributed by atoms with E-state index < -0.39 is 15.3 Å². The van der Waals surface area contributed by atoms with Crippen LogP contribution in [-0.2, 0) is 16.6 Å². The van der Waals surface area contributed by atoms with Crippen LogP contribution >= 0.6 is 11.8 Å². The number of fused-ring (bicyclic) bond motifs is 1.